The summed E-state index contributed by atoms with van der Waals surface area (Å²) >= 11 is 0. The van der Waals surface area contributed by atoms with Crippen LogP contribution in [0.4, 0.5) is 5.69 Å². The molecule has 0 spiro atoms. The maximum Gasteiger partial charge on any atom is 0.145 e. The van der Waals surface area contributed by atoms with Crippen molar-refractivity contribution in [2.75, 3.05) is 32.0 Å². The molecule has 32 heavy (non-hydrogen) atoms. The molecule has 0 saturated carbocycles. The van der Waals surface area contributed by atoms with Gasteiger partial charge in [0, 0.05) is 35.9 Å². The zero-order chi connectivity index (χ0) is 22.8. The minimum absolute atomic E-state index is 0.481. The number of pyridine rings is 1. The Morgan fingerprint density at radius 1 is 1.16 bits per heavy atom. The lowest BCUT2D eigenvalue weighted by Gasteiger charge is -2.35. The van der Waals surface area contributed by atoms with Gasteiger partial charge in [0.05, 0.1) is 0 Å². The van der Waals surface area contributed by atoms with Crippen LogP contribution in [0.3, 0.4) is 0 Å². The van der Waals surface area contributed by atoms with Crippen LogP contribution in [0.2, 0.25) is 0 Å². The molecule has 1 saturated heterocycles. The molecule has 0 radical (unpaired) electrons. The number of piperidine rings is 1. The van der Waals surface area contributed by atoms with E-state index in [1.54, 1.807) is 0 Å². The van der Waals surface area contributed by atoms with E-state index in [0.717, 1.165) is 34.6 Å². The SMILES string of the molecule is C=CCN1CCCCC1Cc1ccccc1.Cc1cc(N)c2cccc(OCCN)c2n1. The number of ether oxygens (including phenoxy) is 1. The molecule has 1 unspecified atom stereocenters. The van der Waals surface area contributed by atoms with E-state index < -0.39 is 0 Å². The van der Waals surface area contributed by atoms with Crippen molar-refractivity contribution < 1.29 is 4.74 Å². The summed E-state index contributed by atoms with van der Waals surface area (Å²) in [4.78, 5) is 7.02. The van der Waals surface area contributed by atoms with E-state index in [9.17, 15) is 0 Å². The summed E-state index contributed by atoms with van der Waals surface area (Å²) < 4.78 is 5.54. The molecule has 4 rings (SSSR count). The number of hydrogen-bond donors (Lipinski definition) is 2. The predicted molar refractivity (Wildman–Crippen MR) is 135 cm³/mol. The second-order valence-corrected chi connectivity index (χ2v) is 8.27. The maximum absolute atomic E-state index is 5.93. The maximum atomic E-state index is 5.93. The number of nitrogen functional groups attached to an aromatic ring is 1. The fourth-order valence-electron chi connectivity index (χ4n) is 4.25. The van der Waals surface area contributed by atoms with Crippen LogP contribution in [0.1, 0.15) is 30.5 Å². The number of likely N-dealkylation sites (tertiary alicyclic amines) is 1. The third-order valence-electron chi connectivity index (χ3n) is 5.76. The summed E-state index contributed by atoms with van der Waals surface area (Å²) in [5, 5.41) is 0.917. The van der Waals surface area contributed by atoms with Crippen LogP contribution in [0.25, 0.3) is 10.9 Å². The van der Waals surface area contributed by atoms with E-state index in [1.165, 1.54) is 37.8 Å². The fraction of sp³-hybridized carbons (Fsp3) is 0.370. The third kappa shape index (κ3) is 6.55. The monoisotopic (exact) mass is 432 g/mol. The summed E-state index contributed by atoms with van der Waals surface area (Å²) in [6.45, 7) is 9.01. The topological polar surface area (TPSA) is 77.4 Å². The lowest BCUT2D eigenvalue weighted by Crippen LogP contribution is -2.40. The number of benzene rings is 2. The Hall–Kier alpha value is -2.89. The van der Waals surface area contributed by atoms with Crippen molar-refractivity contribution in [2.24, 2.45) is 5.73 Å². The smallest absolute Gasteiger partial charge is 0.145 e. The van der Waals surface area contributed by atoms with Crippen molar-refractivity contribution in [1.29, 1.82) is 0 Å². The van der Waals surface area contributed by atoms with Gasteiger partial charge in [-0.05, 0) is 50.4 Å². The molecule has 5 nitrogen and oxygen atoms in total. The van der Waals surface area contributed by atoms with Crippen LogP contribution in [0.15, 0.2) is 67.3 Å². The second kappa shape index (κ2) is 12.2. The highest BCUT2D eigenvalue weighted by Crippen LogP contribution is 2.28. The second-order valence-electron chi connectivity index (χ2n) is 8.27. The van der Waals surface area contributed by atoms with Crippen LogP contribution >= 0.6 is 0 Å². The Labute approximate surface area is 192 Å². The summed E-state index contributed by atoms with van der Waals surface area (Å²) in [5.41, 5.74) is 15.2. The largest absolute Gasteiger partial charge is 0.490 e. The molecule has 1 aromatic heterocycles. The van der Waals surface area contributed by atoms with E-state index in [-0.39, 0.29) is 0 Å². The standard InChI is InChI=1S/C15H21N.C12H15N3O/c1-2-11-16-12-7-6-10-15(16)13-14-8-4-3-5-9-14;1-8-7-10(14)9-3-2-4-11(12(9)15-8)16-6-5-13/h2-5,8-9,15H,1,6-7,10-13H2;2-4,7H,5-6,13H2,1H3,(H2,14,15). The fourth-order valence-corrected chi connectivity index (χ4v) is 4.25. The summed E-state index contributed by atoms with van der Waals surface area (Å²) in [5.74, 6) is 0.735. The van der Waals surface area contributed by atoms with Crippen LogP contribution in [-0.4, -0.2) is 42.2 Å². The first-order chi connectivity index (χ1) is 15.6. The van der Waals surface area contributed by atoms with Gasteiger partial charge in [0.2, 0.25) is 0 Å². The van der Waals surface area contributed by atoms with Crippen LogP contribution in [0, 0.1) is 6.92 Å². The Morgan fingerprint density at radius 2 is 1.97 bits per heavy atom. The van der Waals surface area contributed by atoms with Crippen molar-refractivity contribution >= 4 is 16.6 Å². The molecule has 0 amide bonds. The van der Waals surface area contributed by atoms with Crippen molar-refractivity contribution in [3.05, 3.63) is 78.5 Å². The van der Waals surface area contributed by atoms with Gasteiger partial charge in [-0.15, -0.1) is 6.58 Å². The van der Waals surface area contributed by atoms with Gasteiger partial charge in [0.1, 0.15) is 17.9 Å². The number of para-hydroxylation sites is 1. The Bertz CT molecular complexity index is 990. The first-order valence-electron chi connectivity index (χ1n) is 11.5. The van der Waals surface area contributed by atoms with Gasteiger partial charge in [0.15, 0.2) is 0 Å². The zero-order valence-electron chi connectivity index (χ0n) is 19.2. The van der Waals surface area contributed by atoms with Gasteiger partial charge in [0.25, 0.3) is 0 Å². The first-order valence-corrected chi connectivity index (χ1v) is 11.5. The molecule has 1 fully saturated rings. The van der Waals surface area contributed by atoms with E-state index >= 15 is 0 Å². The highest BCUT2D eigenvalue weighted by Gasteiger charge is 2.21. The molecule has 3 aromatic rings. The minimum Gasteiger partial charge on any atom is -0.490 e. The van der Waals surface area contributed by atoms with Gasteiger partial charge in [-0.1, -0.05) is 55.0 Å². The number of nitrogens with two attached hydrogens (primary N) is 2. The highest BCUT2D eigenvalue weighted by atomic mass is 16.5. The van der Waals surface area contributed by atoms with Crippen molar-refractivity contribution in [1.82, 2.24) is 9.88 Å². The Morgan fingerprint density at radius 3 is 2.72 bits per heavy atom. The quantitative estimate of drug-likeness (QED) is 0.528. The van der Waals surface area contributed by atoms with Crippen LogP contribution in [-0.2, 0) is 6.42 Å². The number of hydrogen-bond acceptors (Lipinski definition) is 5. The normalized spacial score (nSPS) is 16.2. The number of aromatic nitrogens is 1. The van der Waals surface area contributed by atoms with E-state index in [2.05, 4.69) is 46.8 Å². The number of nitrogens with zero attached hydrogens (tertiary/aromatic N) is 2. The van der Waals surface area contributed by atoms with Crippen molar-refractivity contribution in [2.45, 2.75) is 38.6 Å². The molecule has 1 aliphatic rings. The molecule has 1 aliphatic heterocycles. The molecule has 5 heteroatoms. The van der Waals surface area contributed by atoms with Crippen molar-refractivity contribution in [3.63, 3.8) is 0 Å². The predicted octanol–water partition coefficient (Wildman–Crippen LogP) is 4.73. The summed E-state index contributed by atoms with van der Waals surface area (Å²) in [6, 6.07) is 19.1. The van der Waals surface area contributed by atoms with E-state index in [1.807, 2.05) is 37.3 Å². The lowest BCUT2D eigenvalue weighted by molar-refractivity contribution is 0.164. The highest BCUT2D eigenvalue weighted by molar-refractivity contribution is 5.94. The van der Waals surface area contributed by atoms with Gasteiger partial charge in [-0.2, -0.15) is 0 Å². The number of anilines is 1. The molecule has 1 atom stereocenters. The Kier molecular flexibility index (Phi) is 9.08. The zero-order valence-corrected chi connectivity index (χ0v) is 19.2. The average Bonchev–Trinajstić information content (AvgIpc) is 2.80. The first kappa shape index (κ1) is 23.8. The molecule has 4 N–H and O–H groups in total. The number of rotatable bonds is 7. The third-order valence-corrected chi connectivity index (χ3v) is 5.76. The van der Waals surface area contributed by atoms with Gasteiger partial charge in [-0.3, -0.25) is 4.90 Å². The number of fused-ring (bicyclic) bond motifs is 1. The lowest BCUT2D eigenvalue weighted by atomic mass is 9.95. The van der Waals surface area contributed by atoms with Crippen molar-refractivity contribution in [3.8, 4) is 5.75 Å². The molecular weight excluding hydrogens is 396 g/mol. The Balaban J connectivity index is 0.000000181. The molecule has 170 valence electrons. The summed E-state index contributed by atoms with van der Waals surface area (Å²) in [7, 11) is 0. The van der Waals surface area contributed by atoms with E-state index in [0.29, 0.717) is 19.2 Å². The molecule has 0 aliphatic carbocycles. The van der Waals surface area contributed by atoms with Crippen LogP contribution in [0.5, 0.6) is 5.75 Å². The minimum atomic E-state index is 0.481. The summed E-state index contributed by atoms with van der Waals surface area (Å²) in [6.07, 6.45) is 7.28. The van der Waals surface area contributed by atoms with Crippen LogP contribution < -0.4 is 16.2 Å². The molecule has 0 bridgehead atoms. The van der Waals surface area contributed by atoms with E-state index in [4.69, 9.17) is 16.2 Å². The molecular formula is C27H36N4O. The number of aryl methyl sites for hydroxylation is 1. The van der Waals surface area contributed by atoms with Gasteiger partial charge in [-0.25, -0.2) is 4.98 Å². The molecule has 2 aromatic carbocycles. The van der Waals surface area contributed by atoms with Gasteiger partial charge >= 0.3 is 0 Å². The average molecular weight is 433 g/mol. The van der Waals surface area contributed by atoms with Gasteiger partial charge < -0.3 is 16.2 Å². The molecule has 2 heterocycles.